The van der Waals surface area contributed by atoms with Crippen molar-refractivity contribution in [1.29, 1.82) is 0 Å². The predicted octanol–water partition coefficient (Wildman–Crippen LogP) is 8.31. The van der Waals surface area contributed by atoms with E-state index in [0.717, 1.165) is 40.6 Å². The molecule has 0 saturated heterocycles. The first-order chi connectivity index (χ1) is 34.6. The Balaban J connectivity index is 0.000000178. The van der Waals surface area contributed by atoms with Crippen molar-refractivity contribution in [2.24, 2.45) is 11.8 Å². The molecular formula is C51H44Cl2F2N10O6S. The van der Waals surface area contributed by atoms with Crippen molar-refractivity contribution in [2.75, 3.05) is 24.1 Å². The van der Waals surface area contributed by atoms with E-state index in [0.29, 0.717) is 70.2 Å². The summed E-state index contributed by atoms with van der Waals surface area (Å²) in [5.41, 5.74) is 5.35. The van der Waals surface area contributed by atoms with Crippen LogP contribution in [0.3, 0.4) is 0 Å². The van der Waals surface area contributed by atoms with Crippen LogP contribution in [0.15, 0.2) is 137 Å². The molecule has 0 unspecified atom stereocenters. The summed E-state index contributed by atoms with van der Waals surface area (Å²) in [6.07, 6.45) is 11.8. The number of pyridine rings is 2. The number of carbonyl (C=O) groups excluding carboxylic acids is 2. The van der Waals surface area contributed by atoms with Gasteiger partial charge in [0.2, 0.25) is 11.8 Å². The zero-order chi connectivity index (χ0) is 50.8. The second kappa shape index (κ2) is 20.6. The van der Waals surface area contributed by atoms with Gasteiger partial charge in [-0.15, -0.1) is 0 Å². The maximum absolute atomic E-state index is 13.3. The van der Waals surface area contributed by atoms with Crippen molar-refractivity contribution in [1.82, 2.24) is 39.7 Å². The third kappa shape index (κ3) is 10.4. The number of fused-ring (bicyclic) bond motifs is 2. The highest BCUT2D eigenvalue weighted by atomic mass is 35.5. The summed E-state index contributed by atoms with van der Waals surface area (Å²) < 4.78 is 57.8. The minimum absolute atomic E-state index is 0.00743. The minimum Gasteiger partial charge on any atom is -0.380 e. The molecule has 10 rings (SSSR count). The van der Waals surface area contributed by atoms with Gasteiger partial charge in [-0.25, -0.2) is 27.2 Å². The fourth-order valence-corrected chi connectivity index (χ4v) is 10.5. The van der Waals surface area contributed by atoms with E-state index in [4.69, 9.17) is 23.2 Å². The first kappa shape index (κ1) is 49.4. The monoisotopic (exact) mass is 1030 g/mol. The van der Waals surface area contributed by atoms with Gasteiger partial charge in [0, 0.05) is 79.3 Å². The number of hydrogen-bond donors (Lipinski definition) is 4. The first-order valence-corrected chi connectivity index (χ1v) is 24.8. The highest BCUT2D eigenvalue weighted by molar-refractivity contribution is 7.92. The second-order valence-corrected chi connectivity index (χ2v) is 19.9. The van der Waals surface area contributed by atoms with Crippen LogP contribution in [-0.4, -0.2) is 63.4 Å². The van der Waals surface area contributed by atoms with Crippen LogP contribution >= 0.6 is 23.2 Å². The first-order valence-electron chi connectivity index (χ1n) is 22.6. The lowest BCUT2D eigenvalue weighted by atomic mass is 9.79. The number of sulfonamides is 1. The molecule has 368 valence electrons. The van der Waals surface area contributed by atoms with E-state index in [1.54, 1.807) is 78.5 Å². The molecule has 4 heterocycles. The number of nitrogens with zero attached hydrogens (tertiary/aromatic N) is 6. The van der Waals surface area contributed by atoms with Crippen LogP contribution in [0.4, 0.5) is 20.2 Å². The van der Waals surface area contributed by atoms with Gasteiger partial charge in [0.25, 0.3) is 21.1 Å². The summed E-state index contributed by atoms with van der Waals surface area (Å²) >= 11 is 12.0. The lowest BCUT2D eigenvalue weighted by molar-refractivity contribution is -0.129. The molecule has 4 N–H and O–H groups in total. The quantitative estimate of drug-likeness (QED) is 0.0914. The van der Waals surface area contributed by atoms with E-state index in [-0.39, 0.29) is 68.3 Å². The molecule has 0 radical (unpaired) electrons. The molecule has 0 bridgehead atoms. The van der Waals surface area contributed by atoms with Crippen molar-refractivity contribution in [3.8, 4) is 22.3 Å². The maximum atomic E-state index is 13.3. The SMILES string of the molecule is CNC(=O)C1CC(n2cnc3ccc(-c4cncc(NCc5ccc(F)cc5Cl)c4)cc3c2=O)C1.CNC(=O)C1CC(n2cnc3ccc(-c4cncc(NS(=O)(=O)c5ccc(F)cc5Cl)c4)cc3c2=O)C1. The van der Waals surface area contributed by atoms with Crippen LogP contribution < -0.4 is 31.8 Å². The number of hydrogen-bond acceptors (Lipinski definition) is 11. The molecule has 4 aromatic heterocycles. The summed E-state index contributed by atoms with van der Waals surface area (Å²) in [6.45, 7) is 0.412. The Labute approximate surface area is 420 Å². The molecule has 2 fully saturated rings. The van der Waals surface area contributed by atoms with Crippen LogP contribution in [0.1, 0.15) is 43.3 Å². The Morgan fingerprint density at radius 3 is 1.61 bits per heavy atom. The van der Waals surface area contributed by atoms with Crippen molar-refractivity contribution < 1.29 is 26.8 Å². The molecular weight excluding hydrogens is 990 g/mol. The molecule has 2 saturated carbocycles. The molecule has 2 aliphatic rings. The molecule has 16 nitrogen and oxygen atoms in total. The number of halogens is 4. The number of carbonyl (C=O) groups is 2. The van der Waals surface area contributed by atoms with Crippen LogP contribution in [-0.2, 0) is 26.2 Å². The summed E-state index contributed by atoms with van der Waals surface area (Å²) in [4.78, 5) is 67.1. The molecule has 21 heteroatoms. The van der Waals surface area contributed by atoms with Gasteiger partial charge < -0.3 is 16.0 Å². The van der Waals surface area contributed by atoms with Crippen molar-refractivity contribution in [2.45, 2.75) is 49.2 Å². The number of amides is 2. The maximum Gasteiger partial charge on any atom is 0.263 e. The van der Waals surface area contributed by atoms with Gasteiger partial charge in [-0.3, -0.25) is 43.0 Å². The Morgan fingerprint density at radius 2 is 1.11 bits per heavy atom. The predicted molar refractivity (Wildman–Crippen MR) is 271 cm³/mol. The average molecular weight is 1030 g/mol. The standard InChI is InChI=1S/C26H23ClFN5O2.C25H21ClFN5O4S/c1-29-25(34)17-7-21(8-17)33-14-32-24-5-3-15(9-22(24)26(33)35)18-6-20(13-30-11-18)31-12-16-2-4-19(28)10-23(16)27;1-28-24(33)15-7-19(8-15)32-13-30-22-4-2-14(9-20(22)25(32)34)16-6-18(12-29-11-16)31-37(35,36)23-5-3-17(27)10-21(23)26/h2-6,9-11,13-14,17,21,31H,7-8,12H2,1H3,(H,29,34);2-6,9-13,15,19,31H,7-8H2,1H3,(H,28,33). The second-order valence-electron chi connectivity index (χ2n) is 17.4. The van der Waals surface area contributed by atoms with Crippen molar-refractivity contribution in [3.05, 3.63) is 170 Å². The number of rotatable bonds is 12. The van der Waals surface area contributed by atoms with Crippen molar-refractivity contribution in [3.63, 3.8) is 0 Å². The van der Waals surface area contributed by atoms with Gasteiger partial charge in [-0.05, 0) is 109 Å². The number of nitrogens with one attached hydrogen (secondary N) is 4. The van der Waals surface area contributed by atoms with Gasteiger partial charge in [-0.1, -0.05) is 41.4 Å². The van der Waals surface area contributed by atoms with E-state index in [1.807, 2.05) is 24.3 Å². The van der Waals surface area contributed by atoms with E-state index in [9.17, 15) is 36.4 Å². The molecule has 4 aromatic carbocycles. The minimum atomic E-state index is -4.11. The molecule has 0 atom stereocenters. The molecule has 0 spiro atoms. The molecule has 0 aliphatic heterocycles. The summed E-state index contributed by atoms with van der Waals surface area (Å²) in [5, 5.41) is 9.57. The normalized spacial score (nSPS) is 17.2. The Morgan fingerprint density at radius 1 is 0.625 bits per heavy atom. The van der Waals surface area contributed by atoms with Crippen molar-refractivity contribution >= 4 is 78.2 Å². The zero-order valence-corrected chi connectivity index (χ0v) is 40.8. The van der Waals surface area contributed by atoms with Crippen LogP contribution in [0.5, 0.6) is 0 Å². The fraction of sp³-hybridized carbons (Fsp3) is 0.216. The van der Waals surface area contributed by atoms with Crippen LogP contribution in [0.25, 0.3) is 44.1 Å². The van der Waals surface area contributed by atoms with Gasteiger partial charge in [-0.2, -0.15) is 0 Å². The van der Waals surface area contributed by atoms with Crippen LogP contribution in [0, 0.1) is 23.5 Å². The van der Waals surface area contributed by atoms with Gasteiger partial charge in [0.1, 0.15) is 16.5 Å². The third-order valence-corrected chi connectivity index (χ3v) is 15.1. The summed E-state index contributed by atoms with van der Waals surface area (Å²) in [5.74, 6) is -1.24. The smallest absolute Gasteiger partial charge is 0.263 e. The lowest BCUT2D eigenvalue weighted by Gasteiger charge is -2.34. The van der Waals surface area contributed by atoms with Gasteiger partial charge >= 0.3 is 0 Å². The number of aromatic nitrogens is 6. The van der Waals surface area contributed by atoms with E-state index in [2.05, 4.69) is 40.6 Å². The highest BCUT2D eigenvalue weighted by Gasteiger charge is 2.37. The number of benzene rings is 4. The summed E-state index contributed by atoms with van der Waals surface area (Å²) in [7, 11) is -0.892. The van der Waals surface area contributed by atoms with Gasteiger partial charge in [0.05, 0.1) is 57.1 Å². The zero-order valence-electron chi connectivity index (χ0n) is 38.4. The van der Waals surface area contributed by atoms with Crippen LogP contribution in [0.2, 0.25) is 10.0 Å². The molecule has 2 aliphatic carbocycles. The Hall–Kier alpha value is -7.61. The lowest BCUT2D eigenvalue weighted by Crippen LogP contribution is -2.41. The summed E-state index contributed by atoms with van der Waals surface area (Å²) in [6, 6.07) is 21.4. The Bertz CT molecular complexity index is 3660. The Kier molecular flexibility index (Phi) is 14.1. The topological polar surface area (TPSA) is 212 Å². The third-order valence-electron chi connectivity index (χ3n) is 12.9. The fourth-order valence-electron chi connectivity index (χ4n) is 8.73. The van der Waals surface area contributed by atoms with E-state index in [1.165, 1.54) is 24.7 Å². The van der Waals surface area contributed by atoms with E-state index < -0.39 is 15.8 Å². The van der Waals surface area contributed by atoms with E-state index >= 15 is 0 Å². The molecule has 2 amide bonds. The molecule has 72 heavy (non-hydrogen) atoms. The average Bonchev–Trinajstić information content (AvgIpc) is 3.34. The molecule has 8 aromatic rings. The van der Waals surface area contributed by atoms with Gasteiger partial charge in [0.15, 0.2) is 0 Å². The highest BCUT2D eigenvalue weighted by Crippen LogP contribution is 2.38. The largest absolute Gasteiger partial charge is 0.380 e. The number of anilines is 2.